The number of carbonyl (C=O) groups is 1. The first-order valence-electron chi connectivity index (χ1n) is 7.68. The molecule has 0 aliphatic heterocycles. The highest BCUT2D eigenvalue weighted by molar-refractivity contribution is 5.90. The van der Waals surface area contributed by atoms with Crippen LogP contribution in [-0.2, 0) is 0 Å². The van der Waals surface area contributed by atoms with Crippen LogP contribution < -0.4 is 10.6 Å². The van der Waals surface area contributed by atoms with E-state index in [1.165, 1.54) is 0 Å². The van der Waals surface area contributed by atoms with Gasteiger partial charge in [0.05, 0.1) is 6.20 Å². The van der Waals surface area contributed by atoms with Crippen molar-refractivity contribution in [2.45, 2.75) is 39.2 Å². The first-order valence-corrected chi connectivity index (χ1v) is 7.68. The van der Waals surface area contributed by atoms with Gasteiger partial charge in [0.2, 0.25) is 5.89 Å². The summed E-state index contributed by atoms with van der Waals surface area (Å²) >= 11 is 0. The zero-order chi connectivity index (χ0) is 16.9. The third kappa shape index (κ3) is 4.56. The lowest BCUT2D eigenvalue weighted by Gasteiger charge is -2.29. The molecular formula is C17H23N3O3. The van der Waals surface area contributed by atoms with Gasteiger partial charge in [0.15, 0.2) is 0 Å². The summed E-state index contributed by atoms with van der Waals surface area (Å²) in [6, 6.07) is 7.01. The number of amides is 2. The van der Waals surface area contributed by atoms with Crippen LogP contribution in [0.15, 0.2) is 34.9 Å². The largest absolute Gasteiger partial charge is 0.441 e. The quantitative estimate of drug-likeness (QED) is 0.762. The Morgan fingerprint density at radius 3 is 2.83 bits per heavy atom. The molecule has 2 aromatic rings. The maximum atomic E-state index is 12.2. The SMILES string of the molecule is CCC(C)(CCO)NC(=O)Nc1cccc(-c2ncc(C)o2)c1. The number of nitrogens with zero attached hydrogens (tertiary/aromatic N) is 1. The average molecular weight is 317 g/mol. The third-order valence-corrected chi connectivity index (χ3v) is 3.85. The highest BCUT2D eigenvalue weighted by Crippen LogP contribution is 2.22. The second kappa shape index (κ2) is 7.28. The molecule has 1 heterocycles. The maximum Gasteiger partial charge on any atom is 0.319 e. The number of aryl methyl sites for hydroxylation is 1. The first kappa shape index (κ1) is 17.0. The van der Waals surface area contributed by atoms with Crippen molar-refractivity contribution in [1.82, 2.24) is 10.3 Å². The van der Waals surface area contributed by atoms with Gasteiger partial charge in [-0.3, -0.25) is 0 Å². The van der Waals surface area contributed by atoms with Crippen molar-refractivity contribution < 1.29 is 14.3 Å². The van der Waals surface area contributed by atoms with Gasteiger partial charge in [0.1, 0.15) is 5.76 Å². The number of hydrogen-bond acceptors (Lipinski definition) is 4. The lowest BCUT2D eigenvalue weighted by molar-refractivity contribution is 0.208. The number of aliphatic hydroxyl groups is 1. The summed E-state index contributed by atoms with van der Waals surface area (Å²) in [5.41, 5.74) is 1.01. The Labute approximate surface area is 135 Å². The average Bonchev–Trinajstić information content (AvgIpc) is 2.94. The van der Waals surface area contributed by atoms with E-state index in [9.17, 15) is 4.79 Å². The van der Waals surface area contributed by atoms with E-state index in [0.717, 1.165) is 17.7 Å². The predicted octanol–water partition coefficient (Wildman–Crippen LogP) is 3.32. The number of oxazole rings is 1. The van der Waals surface area contributed by atoms with Crippen molar-refractivity contribution in [2.75, 3.05) is 11.9 Å². The van der Waals surface area contributed by atoms with E-state index < -0.39 is 5.54 Å². The monoisotopic (exact) mass is 317 g/mol. The number of nitrogens with one attached hydrogen (secondary N) is 2. The summed E-state index contributed by atoms with van der Waals surface area (Å²) in [6.07, 6.45) is 2.90. The first-order chi connectivity index (χ1) is 11.0. The van der Waals surface area contributed by atoms with Crippen LogP contribution in [0.25, 0.3) is 11.5 Å². The molecule has 1 atom stereocenters. The minimum absolute atomic E-state index is 0.0314. The van der Waals surface area contributed by atoms with Crippen LogP contribution in [0.1, 0.15) is 32.4 Å². The number of urea groups is 1. The molecule has 0 saturated heterocycles. The number of hydrogen-bond donors (Lipinski definition) is 3. The van der Waals surface area contributed by atoms with Gasteiger partial charge in [0.25, 0.3) is 0 Å². The van der Waals surface area contributed by atoms with Gasteiger partial charge in [-0.1, -0.05) is 13.0 Å². The number of benzene rings is 1. The normalized spacial score (nSPS) is 13.4. The molecule has 1 aromatic carbocycles. The van der Waals surface area contributed by atoms with Crippen LogP contribution in [0.3, 0.4) is 0 Å². The van der Waals surface area contributed by atoms with Gasteiger partial charge >= 0.3 is 6.03 Å². The summed E-state index contributed by atoms with van der Waals surface area (Å²) in [4.78, 5) is 16.4. The van der Waals surface area contributed by atoms with Crippen molar-refractivity contribution in [3.63, 3.8) is 0 Å². The molecule has 0 bridgehead atoms. The van der Waals surface area contributed by atoms with Gasteiger partial charge < -0.3 is 20.2 Å². The summed E-state index contributed by atoms with van der Waals surface area (Å²) < 4.78 is 5.49. The summed E-state index contributed by atoms with van der Waals surface area (Å²) in [6.45, 7) is 5.75. The Kier molecular flexibility index (Phi) is 5.39. The fourth-order valence-corrected chi connectivity index (χ4v) is 2.23. The van der Waals surface area contributed by atoms with E-state index >= 15 is 0 Å². The molecule has 1 unspecified atom stereocenters. The second-order valence-electron chi connectivity index (χ2n) is 5.82. The van der Waals surface area contributed by atoms with E-state index in [1.807, 2.05) is 32.9 Å². The molecule has 2 rings (SSSR count). The second-order valence-corrected chi connectivity index (χ2v) is 5.82. The molecule has 1 aromatic heterocycles. The van der Waals surface area contributed by atoms with Gasteiger partial charge in [-0.2, -0.15) is 0 Å². The number of carbonyl (C=O) groups excluding carboxylic acids is 1. The third-order valence-electron chi connectivity index (χ3n) is 3.85. The molecule has 3 N–H and O–H groups in total. The van der Waals surface area contributed by atoms with Crippen molar-refractivity contribution in [3.05, 3.63) is 36.2 Å². The Bertz CT molecular complexity index is 669. The Morgan fingerprint density at radius 1 is 1.43 bits per heavy atom. The van der Waals surface area contributed by atoms with Crippen LogP contribution in [0.2, 0.25) is 0 Å². The molecule has 0 aliphatic rings. The van der Waals surface area contributed by atoms with Crippen LogP contribution in [0, 0.1) is 6.92 Å². The van der Waals surface area contributed by atoms with E-state index in [-0.39, 0.29) is 12.6 Å². The van der Waals surface area contributed by atoms with Crippen LogP contribution in [-0.4, -0.2) is 28.3 Å². The lowest BCUT2D eigenvalue weighted by Crippen LogP contribution is -2.48. The van der Waals surface area contributed by atoms with Gasteiger partial charge in [-0.15, -0.1) is 0 Å². The highest BCUT2D eigenvalue weighted by Gasteiger charge is 2.23. The lowest BCUT2D eigenvalue weighted by atomic mass is 9.95. The molecule has 6 nitrogen and oxygen atoms in total. The minimum atomic E-state index is -0.434. The topological polar surface area (TPSA) is 87.4 Å². The number of anilines is 1. The summed E-state index contributed by atoms with van der Waals surface area (Å²) in [5, 5.41) is 14.8. The van der Waals surface area contributed by atoms with Crippen molar-refractivity contribution in [2.24, 2.45) is 0 Å². The van der Waals surface area contributed by atoms with E-state index in [0.29, 0.717) is 18.0 Å². The minimum Gasteiger partial charge on any atom is -0.441 e. The van der Waals surface area contributed by atoms with Crippen molar-refractivity contribution in [1.29, 1.82) is 0 Å². The standard InChI is InChI=1S/C17H23N3O3/c1-4-17(3,8-9-21)20-16(22)19-14-7-5-6-13(10-14)15-18-11-12(2)23-15/h5-7,10-11,21H,4,8-9H2,1-3H3,(H2,19,20,22). The maximum absolute atomic E-state index is 12.2. The molecule has 23 heavy (non-hydrogen) atoms. The molecule has 0 spiro atoms. The number of aromatic nitrogens is 1. The molecule has 6 heteroatoms. The summed E-state index contributed by atoms with van der Waals surface area (Å²) in [7, 11) is 0. The zero-order valence-electron chi connectivity index (χ0n) is 13.7. The fourth-order valence-electron chi connectivity index (χ4n) is 2.23. The molecule has 0 fully saturated rings. The van der Waals surface area contributed by atoms with E-state index in [1.54, 1.807) is 18.3 Å². The highest BCUT2D eigenvalue weighted by atomic mass is 16.4. The van der Waals surface area contributed by atoms with Crippen molar-refractivity contribution in [3.8, 4) is 11.5 Å². The number of rotatable bonds is 6. The van der Waals surface area contributed by atoms with Crippen LogP contribution in [0.5, 0.6) is 0 Å². The predicted molar refractivity (Wildman–Crippen MR) is 89.2 cm³/mol. The Morgan fingerprint density at radius 2 is 2.22 bits per heavy atom. The molecule has 2 amide bonds. The number of aliphatic hydroxyl groups excluding tert-OH is 1. The molecular weight excluding hydrogens is 294 g/mol. The summed E-state index contributed by atoms with van der Waals surface area (Å²) in [5.74, 6) is 1.25. The Hall–Kier alpha value is -2.34. The van der Waals surface area contributed by atoms with Crippen LogP contribution >= 0.6 is 0 Å². The van der Waals surface area contributed by atoms with E-state index in [4.69, 9.17) is 9.52 Å². The van der Waals surface area contributed by atoms with Gasteiger partial charge in [-0.05, 0) is 44.9 Å². The van der Waals surface area contributed by atoms with Crippen LogP contribution in [0.4, 0.5) is 10.5 Å². The van der Waals surface area contributed by atoms with Gasteiger partial charge in [-0.25, -0.2) is 9.78 Å². The smallest absolute Gasteiger partial charge is 0.319 e. The zero-order valence-corrected chi connectivity index (χ0v) is 13.7. The van der Waals surface area contributed by atoms with Gasteiger partial charge in [0, 0.05) is 23.4 Å². The molecule has 0 radical (unpaired) electrons. The molecule has 0 saturated carbocycles. The van der Waals surface area contributed by atoms with Crippen molar-refractivity contribution >= 4 is 11.7 Å². The van der Waals surface area contributed by atoms with E-state index in [2.05, 4.69) is 15.6 Å². The Balaban J connectivity index is 2.07. The fraction of sp³-hybridized carbons (Fsp3) is 0.412. The molecule has 124 valence electrons. The molecule has 0 aliphatic carbocycles.